The molecule has 1 aromatic heterocycles. The second kappa shape index (κ2) is 4.69. The van der Waals surface area contributed by atoms with Crippen molar-refractivity contribution in [1.82, 2.24) is 4.98 Å². The fourth-order valence-electron chi connectivity index (χ4n) is 2.08. The fraction of sp³-hybridized carbons (Fsp3) is 0.438. The standard InChI is InChI=1S/C16H21NO/c1-5-11-6-7-14-13(8-11)12(10-18)9-15(17-14)16(2,3)4/h6-9,18H,5,10H2,1-4H3. The number of aromatic nitrogens is 1. The van der Waals surface area contributed by atoms with Crippen molar-refractivity contribution in [2.75, 3.05) is 0 Å². The molecule has 2 aromatic rings. The number of aliphatic hydroxyl groups excluding tert-OH is 1. The Kier molecular flexibility index (Phi) is 3.40. The van der Waals surface area contributed by atoms with Crippen LogP contribution in [0.2, 0.25) is 0 Å². The Bertz CT molecular complexity index is 567. The molecule has 0 spiro atoms. The number of aliphatic hydroxyl groups is 1. The first-order chi connectivity index (χ1) is 8.45. The molecule has 2 rings (SSSR count). The summed E-state index contributed by atoms with van der Waals surface area (Å²) in [6, 6.07) is 8.34. The maximum absolute atomic E-state index is 9.56. The highest BCUT2D eigenvalue weighted by Crippen LogP contribution is 2.27. The van der Waals surface area contributed by atoms with E-state index in [4.69, 9.17) is 4.98 Å². The molecule has 2 heteroatoms. The Morgan fingerprint density at radius 3 is 2.44 bits per heavy atom. The quantitative estimate of drug-likeness (QED) is 0.874. The third-order valence-corrected chi connectivity index (χ3v) is 3.31. The van der Waals surface area contributed by atoms with Gasteiger partial charge in [0.25, 0.3) is 0 Å². The normalized spacial score (nSPS) is 12.1. The van der Waals surface area contributed by atoms with Crippen LogP contribution in [-0.2, 0) is 18.4 Å². The minimum atomic E-state index is 0.00153. The Balaban J connectivity index is 2.71. The van der Waals surface area contributed by atoms with Gasteiger partial charge < -0.3 is 5.11 Å². The first-order valence-electron chi connectivity index (χ1n) is 6.49. The zero-order valence-corrected chi connectivity index (χ0v) is 11.6. The molecule has 1 N–H and O–H groups in total. The molecule has 0 atom stereocenters. The van der Waals surface area contributed by atoms with Gasteiger partial charge in [0, 0.05) is 16.5 Å². The van der Waals surface area contributed by atoms with E-state index in [9.17, 15) is 5.11 Å². The number of nitrogens with zero attached hydrogens (tertiary/aromatic N) is 1. The summed E-state index contributed by atoms with van der Waals surface area (Å²) < 4.78 is 0. The van der Waals surface area contributed by atoms with Crippen LogP contribution in [0.1, 0.15) is 44.5 Å². The van der Waals surface area contributed by atoms with E-state index >= 15 is 0 Å². The van der Waals surface area contributed by atoms with Crippen molar-refractivity contribution < 1.29 is 5.11 Å². The molecule has 0 amide bonds. The van der Waals surface area contributed by atoms with E-state index in [0.29, 0.717) is 0 Å². The van der Waals surface area contributed by atoms with E-state index in [1.165, 1.54) is 5.56 Å². The molecule has 0 bridgehead atoms. The van der Waals surface area contributed by atoms with Crippen LogP contribution >= 0.6 is 0 Å². The average Bonchev–Trinajstić information content (AvgIpc) is 2.35. The van der Waals surface area contributed by atoms with E-state index in [1.54, 1.807) is 0 Å². The summed E-state index contributed by atoms with van der Waals surface area (Å²) in [5, 5.41) is 10.6. The Labute approximate surface area is 109 Å². The van der Waals surface area contributed by atoms with Gasteiger partial charge >= 0.3 is 0 Å². The van der Waals surface area contributed by atoms with Crippen LogP contribution in [0.5, 0.6) is 0 Å². The highest BCUT2D eigenvalue weighted by Gasteiger charge is 2.17. The fourth-order valence-corrected chi connectivity index (χ4v) is 2.08. The molecule has 0 unspecified atom stereocenters. The maximum atomic E-state index is 9.56. The van der Waals surface area contributed by atoms with Gasteiger partial charge in [-0.15, -0.1) is 0 Å². The minimum absolute atomic E-state index is 0.00153. The van der Waals surface area contributed by atoms with Gasteiger partial charge in [0.1, 0.15) is 0 Å². The van der Waals surface area contributed by atoms with Crippen molar-refractivity contribution in [2.45, 2.75) is 46.1 Å². The SMILES string of the molecule is CCc1ccc2nc(C(C)(C)C)cc(CO)c2c1. The number of hydrogen-bond acceptors (Lipinski definition) is 2. The van der Waals surface area contributed by atoms with Crippen molar-refractivity contribution in [3.8, 4) is 0 Å². The van der Waals surface area contributed by atoms with E-state index < -0.39 is 0 Å². The number of benzene rings is 1. The van der Waals surface area contributed by atoms with Gasteiger partial charge in [0.05, 0.1) is 12.1 Å². The van der Waals surface area contributed by atoms with Crippen molar-refractivity contribution in [1.29, 1.82) is 0 Å². The number of rotatable bonds is 2. The lowest BCUT2D eigenvalue weighted by molar-refractivity contribution is 0.283. The number of fused-ring (bicyclic) bond motifs is 1. The number of aryl methyl sites for hydroxylation is 1. The van der Waals surface area contributed by atoms with E-state index in [2.05, 4.69) is 45.9 Å². The summed E-state index contributed by atoms with van der Waals surface area (Å²) in [6.07, 6.45) is 1.00. The van der Waals surface area contributed by atoms with Crippen LogP contribution in [0.25, 0.3) is 10.9 Å². The lowest BCUT2D eigenvalue weighted by atomic mass is 9.89. The molecule has 2 nitrogen and oxygen atoms in total. The molecule has 0 fully saturated rings. The van der Waals surface area contributed by atoms with Crippen LogP contribution < -0.4 is 0 Å². The summed E-state index contributed by atoms with van der Waals surface area (Å²) >= 11 is 0. The molecule has 0 radical (unpaired) electrons. The molecule has 0 aliphatic rings. The highest BCUT2D eigenvalue weighted by molar-refractivity contribution is 5.83. The van der Waals surface area contributed by atoms with Crippen LogP contribution in [0.4, 0.5) is 0 Å². The summed E-state index contributed by atoms with van der Waals surface area (Å²) in [5.41, 5.74) is 4.26. The molecular weight excluding hydrogens is 222 g/mol. The molecular formula is C16H21NO. The van der Waals surface area contributed by atoms with Gasteiger partial charge in [0.2, 0.25) is 0 Å². The average molecular weight is 243 g/mol. The lowest BCUT2D eigenvalue weighted by Gasteiger charge is -2.19. The Morgan fingerprint density at radius 2 is 1.89 bits per heavy atom. The van der Waals surface area contributed by atoms with Crippen LogP contribution in [0.3, 0.4) is 0 Å². The monoisotopic (exact) mass is 243 g/mol. The Hall–Kier alpha value is -1.41. The van der Waals surface area contributed by atoms with E-state index in [0.717, 1.165) is 28.6 Å². The van der Waals surface area contributed by atoms with Crippen LogP contribution in [0.15, 0.2) is 24.3 Å². The smallest absolute Gasteiger partial charge is 0.0709 e. The van der Waals surface area contributed by atoms with Crippen molar-refractivity contribution in [2.24, 2.45) is 0 Å². The summed E-state index contributed by atoms with van der Waals surface area (Å²) in [5.74, 6) is 0. The molecule has 0 aliphatic heterocycles. The molecule has 1 aromatic carbocycles. The predicted octanol–water partition coefficient (Wildman–Crippen LogP) is 3.59. The minimum Gasteiger partial charge on any atom is -0.392 e. The van der Waals surface area contributed by atoms with Gasteiger partial charge in [-0.25, -0.2) is 0 Å². The lowest BCUT2D eigenvalue weighted by Crippen LogP contribution is -2.14. The van der Waals surface area contributed by atoms with Crippen molar-refractivity contribution in [3.05, 3.63) is 41.1 Å². The molecule has 1 heterocycles. The van der Waals surface area contributed by atoms with Gasteiger partial charge in [-0.3, -0.25) is 4.98 Å². The van der Waals surface area contributed by atoms with Gasteiger partial charge in [0.15, 0.2) is 0 Å². The second-order valence-electron chi connectivity index (χ2n) is 5.78. The van der Waals surface area contributed by atoms with Gasteiger partial charge in [-0.1, -0.05) is 33.8 Å². The van der Waals surface area contributed by atoms with Crippen molar-refractivity contribution in [3.63, 3.8) is 0 Å². The molecule has 18 heavy (non-hydrogen) atoms. The van der Waals surface area contributed by atoms with Crippen LogP contribution in [-0.4, -0.2) is 10.1 Å². The zero-order valence-electron chi connectivity index (χ0n) is 11.6. The first-order valence-corrected chi connectivity index (χ1v) is 6.49. The molecule has 96 valence electrons. The molecule has 0 saturated heterocycles. The summed E-state index contributed by atoms with van der Waals surface area (Å²) in [4.78, 5) is 4.72. The van der Waals surface area contributed by atoms with Gasteiger partial charge in [-0.2, -0.15) is 0 Å². The number of hydrogen-bond donors (Lipinski definition) is 1. The molecule has 0 aliphatic carbocycles. The first kappa shape index (κ1) is 13.0. The largest absolute Gasteiger partial charge is 0.392 e. The topological polar surface area (TPSA) is 33.1 Å². The third-order valence-electron chi connectivity index (χ3n) is 3.31. The number of pyridine rings is 1. The predicted molar refractivity (Wildman–Crippen MR) is 75.7 cm³/mol. The van der Waals surface area contributed by atoms with E-state index in [1.807, 2.05) is 6.07 Å². The summed E-state index contributed by atoms with van der Waals surface area (Å²) in [6.45, 7) is 8.63. The highest BCUT2D eigenvalue weighted by atomic mass is 16.3. The van der Waals surface area contributed by atoms with Crippen molar-refractivity contribution >= 4 is 10.9 Å². The van der Waals surface area contributed by atoms with E-state index in [-0.39, 0.29) is 12.0 Å². The van der Waals surface area contributed by atoms with Gasteiger partial charge in [-0.05, 0) is 35.7 Å². The van der Waals surface area contributed by atoms with Crippen LogP contribution in [0, 0.1) is 0 Å². The summed E-state index contributed by atoms with van der Waals surface area (Å²) in [7, 11) is 0. The Morgan fingerprint density at radius 1 is 1.17 bits per heavy atom. The molecule has 0 saturated carbocycles. The maximum Gasteiger partial charge on any atom is 0.0709 e. The second-order valence-corrected chi connectivity index (χ2v) is 5.78. The zero-order chi connectivity index (χ0) is 13.3. The third kappa shape index (κ3) is 2.39.